The van der Waals surface area contributed by atoms with E-state index in [4.69, 9.17) is 4.42 Å². The SMILES string of the molecule is Cc1ccc(-c2ccc(/C=C(\C#N)C(=O)NC3CCCCC3)o2)c([N+](=O)[O-])c1. The lowest BCUT2D eigenvalue weighted by Crippen LogP contribution is -2.36. The van der Waals surface area contributed by atoms with Crippen molar-refractivity contribution in [2.24, 2.45) is 0 Å². The second-order valence-electron chi connectivity index (χ2n) is 6.96. The van der Waals surface area contributed by atoms with Crippen LogP contribution in [-0.2, 0) is 4.79 Å². The molecule has 1 aromatic heterocycles. The number of benzene rings is 1. The molecule has 1 amide bonds. The second-order valence-corrected chi connectivity index (χ2v) is 6.96. The van der Waals surface area contributed by atoms with Crippen molar-refractivity contribution in [1.29, 1.82) is 5.26 Å². The van der Waals surface area contributed by atoms with Gasteiger partial charge in [-0.15, -0.1) is 0 Å². The Bertz CT molecular complexity index is 962. The van der Waals surface area contributed by atoms with Gasteiger partial charge in [-0.1, -0.05) is 25.3 Å². The first-order valence-electron chi connectivity index (χ1n) is 9.26. The van der Waals surface area contributed by atoms with Crippen LogP contribution in [-0.4, -0.2) is 16.9 Å². The Balaban J connectivity index is 1.82. The molecule has 0 bridgehead atoms. The number of carbonyl (C=O) groups excluding carboxylic acids is 1. The average molecular weight is 379 g/mol. The van der Waals surface area contributed by atoms with Crippen molar-refractivity contribution < 1.29 is 14.1 Å². The standard InChI is InChI=1S/C21H21N3O4/c1-14-7-9-18(19(11-14)24(26)27)20-10-8-17(28-20)12-15(13-22)21(25)23-16-5-3-2-4-6-16/h7-12,16H,2-6H2,1H3,(H,23,25)/b15-12+. The van der Waals surface area contributed by atoms with E-state index in [9.17, 15) is 20.2 Å². The molecule has 1 heterocycles. The zero-order valence-corrected chi connectivity index (χ0v) is 15.6. The zero-order valence-electron chi connectivity index (χ0n) is 15.6. The normalized spacial score (nSPS) is 15.1. The first-order valence-corrected chi connectivity index (χ1v) is 9.26. The number of amides is 1. The predicted octanol–water partition coefficient (Wildman–Crippen LogP) is 4.52. The summed E-state index contributed by atoms with van der Waals surface area (Å²) in [5, 5.41) is 23.6. The summed E-state index contributed by atoms with van der Waals surface area (Å²) in [6, 6.07) is 10.1. The molecule has 144 valence electrons. The van der Waals surface area contributed by atoms with Crippen LogP contribution in [0.15, 0.2) is 40.3 Å². The van der Waals surface area contributed by atoms with E-state index < -0.39 is 10.8 Å². The van der Waals surface area contributed by atoms with Gasteiger partial charge in [-0.25, -0.2) is 0 Å². The Kier molecular flexibility index (Phi) is 5.90. The predicted molar refractivity (Wildman–Crippen MR) is 104 cm³/mol. The quantitative estimate of drug-likeness (QED) is 0.355. The highest BCUT2D eigenvalue weighted by Gasteiger charge is 2.20. The van der Waals surface area contributed by atoms with E-state index in [1.54, 1.807) is 31.2 Å². The molecule has 0 saturated heterocycles. The molecule has 0 spiro atoms. The highest BCUT2D eigenvalue weighted by atomic mass is 16.6. The molecule has 1 aliphatic rings. The minimum absolute atomic E-state index is 0.0510. The molecule has 0 unspecified atom stereocenters. The number of nitriles is 1. The third-order valence-corrected chi connectivity index (χ3v) is 4.83. The van der Waals surface area contributed by atoms with Crippen LogP contribution in [0.4, 0.5) is 5.69 Å². The van der Waals surface area contributed by atoms with E-state index in [1.165, 1.54) is 18.6 Å². The van der Waals surface area contributed by atoms with Crippen molar-refractivity contribution in [3.8, 4) is 17.4 Å². The lowest BCUT2D eigenvalue weighted by molar-refractivity contribution is -0.384. The summed E-state index contributed by atoms with van der Waals surface area (Å²) in [4.78, 5) is 23.2. The maximum atomic E-state index is 12.4. The Morgan fingerprint density at radius 2 is 2.04 bits per heavy atom. The molecule has 1 aromatic carbocycles. The van der Waals surface area contributed by atoms with Crippen LogP contribution in [0, 0.1) is 28.4 Å². The Hall–Kier alpha value is -3.40. The topological polar surface area (TPSA) is 109 Å². The van der Waals surface area contributed by atoms with Gasteiger partial charge in [0.25, 0.3) is 11.6 Å². The van der Waals surface area contributed by atoms with Gasteiger partial charge in [-0.3, -0.25) is 14.9 Å². The molecule has 0 radical (unpaired) electrons. The minimum Gasteiger partial charge on any atom is -0.456 e. The highest BCUT2D eigenvalue weighted by molar-refractivity contribution is 6.01. The van der Waals surface area contributed by atoms with E-state index in [-0.39, 0.29) is 17.3 Å². The summed E-state index contributed by atoms with van der Waals surface area (Å²) >= 11 is 0. The van der Waals surface area contributed by atoms with Gasteiger partial charge >= 0.3 is 0 Å². The van der Waals surface area contributed by atoms with E-state index in [2.05, 4.69) is 5.32 Å². The number of nitro groups is 1. The minimum atomic E-state index is -0.460. The molecular formula is C21H21N3O4. The van der Waals surface area contributed by atoms with Crippen LogP contribution in [0.1, 0.15) is 43.4 Å². The van der Waals surface area contributed by atoms with E-state index in [1.807, 2.05) is 6.07 Å². The summed E-state index contributed by atoms with van der Waals surface area (Å²) in [6.07, 6.45) is 6.54. The van der Waals surface area contributed by atoms with Crippen molar-refractivity contribution in [2.45, 2.75) is 45.1 Å². The molecular weight excluding hydrogens is 358 g/mol. The maximum absolute atomic E-state index is 12.4. The van der Waals surface area contributed by atoms with Gasteiger partial charge in [0.05, 0.1) is 10.5 Å². The van der Waals surface area contributed by atoms with Gasteiger partial charge in [0.2, 0.25) is 0 Å². The second kappa shape index (κ2) is 8.53. The first kappa shape index (κ1) is 19.4. The maximum Gasteiger partial charge on any atom is 0.280 e. The number of nitrogens with zero attached hydrogens (tertiary/aromatic N) is 2. The average Bonchev–Trinajstić information content (AvgIpc) is 3.15. The molecule has 0 aliphatic heterocycles. The van der Waals surface area contributed by atoms with Gasteiger partial charge in [-0.05, 0) is 43.5 Å². The monoisotopic (exact) mass is 379 g/mol. The van der Waals surface area contributed by atoms with Crippen molar-refractivity contribution in [1.82, 2.24) is 5.32 Å². The fourth-order valence-corrected chi connectivity index (χ4v) is 3.38. The molecule has 3 rings (SSSR count). The van der Waals surface area contributed by atoms with Crippen molar-refractivity contribution in [3.63, 3.8) is 0 Å². The summed E-state index contributed by atoms with van der Waals surface area (Å²) in [5.74, 6) is 0.178. The molecule has 2 aromatic rings. The number of carbonyl (C=O) groups is 1. The number of furan rings is 1. The van der Waals surface area contributed by atoms with E-state index in [0.717, 1.165) is 31.2 Å². The molecule has 0 atom stereocenters. The van der Waals surface area contributed by atoms with Crippen molar-refractivity contribution in [3.05, 3.63) is 57.3 Å². The molecule has 1 fully saturated rings. The van der Waals surface area contributed by atoms with Gasteiger partial charge < -0.3 is 9.73 Å². The number of aryl methyl sites for hydroxylation is 1. The lowest BCUT2D eigenvalue weighted by Gasteiger charge is -2.22. The molecule has 1 saturated carbocycles. The van der Waals surface area contributed by atoms with Crippen LogP contribution in [0.2, 0.25) is 0 Å². The largest absolute Gasteiger partial charge is 0.456 e. The lowest BCUT2D eigenvalue weighted by atomic mass is 9.95. The third-order valence-electron chi connectivity index (χ3n) is 4.83. The van der Waals surface area contributed by atoms with E-state index in [0.29, 0.717) is 17.1 Å². The van der Waals surface area contributed by atoms with Crippen LogP contribution >= 0.6 is 0 Å². The van der Waals surface area contributed by atoms with Crippen LogP contribution < -0.4 is 5.32 Å². The number of hydrogen-bond donors (Lipinski definition) is 1. The van der Waals surface area contributed by atoms with Gasteiger partial charge in [0, 0.05) is 18.2 Å². The highest BCUT2D eigenvalue weighted by Crippen LogP contribution is 2.32. The number of nitro benzene ring substituents is 1. The fourth-order valence-electron chi connectivity index (χ4n) is 3.38. The van der Waals surface area contributed by atoms with Crippen LogP contribution in [0.25, 0.3) is 17.4 Å². The van der Waals surface area contributed by atoms with Crippen molar-refractivity contribution >= 4 is 17.7 Å². The fraction of sp³-hybridized carbons (Fsp3) is 0.333. The van der Waals surface area contributed by atoms with Gasteiger partial charge in [0.1, 0.15) is 23.2 Å². The molecule has 1 aliphatic carbocycles. The Morgan fingerprint density at radius 3 is 2.71 bits per heavy atom. The summed E-state index contributed by atoms with van der Waals surface area (Å²) in [7, 11) is 0. The third kappa shape index (κ3) is 4.46. The smallest absolute Gasteiger partial charge is 0.280 e. The van der Waals surface area contributed by atoms with Crippen LogP contribution in [0.5, 0.6) is 0 Å². The molecule has 1 N–H and O–H groups in total. The van der Waals surface area contributed by atoms with Crippen LogP contribution in [0.3, 0.4) is 0 Å². The molecule has 7 nitrogen and oxygen atoms in total. The molecule has 28 heavy (non-hydrogen) atoms. The number of rotatable bonds is 5. The summed E-state index contributed by atoms with van der Waals surface area (Å²) in [5.41, 5.74) is 1.01. The van der Waals surface area contributed by atoms with Gasteiger partial charge in [-0.2, -0.15) is 5.26 Å². The summed E-state index contributed by atoms with van der Waals surface area (Å²) in [6.45, 7) is 1.78. The van der Waals surface area contributed by atoms with E-state index >= 15 is 0 Å². The first-order chi connectivity index (χ1) is 13.5. The van der Waals surface area contributed by atoms with Gasteiger partial charge in [0.15, 0.2) is 0 Å². The number of nitrogens with one attached hydrogen (secondary N) is 1. The van der Waals surface area contributed by atoms with Crippen molar-refractivity contribution in [2.75, 3.05) is 0 Å². The zero-order chi connectivity index (χ0) is 20.1. The Morgan fingerprint density at radius 1 is 1.29 bits per heavy atom. The summed E-state index contributed by atoms with van der Waals surface area (Å²) < 4.78 is 5.66. The molecule has 7 heteroatoms. The Labute approximate surface area is 162 Å². The number of hydrogen-bond acceptors (Lipinski definition) is 5.